The number of benzene rings is 1. The maximum absolute atomic E-state index is 9.45. The Morgan fingerprint density at radius 1 is 1.10 bits per heavy atom. The molecule has 0 atom stereocenters. The summed E-state index contributed by atoms with van der Waals surface area (Å²) in [7, 11) is 0. The predicted molar refractivity (Wildman–Crippen MR) is 88.3 cm³/mol. The fraction of sp³-hybridized carbons (Fsp3) is 0.684. The summed E-state index contributed by atoms with van der Waals surface area (Å²) in [6.07, 6.45) is 10.4. The van der Waals surface area contributed by atoms with Crippen molar-refractivity contribution >= 4 is 0 Å². The van der Waals surface area contributed by atoms with E-state index in [9.17, 15) is 5.11 Å². The molecular weight excluding hydrogens is 244 g/mol. The van der Waals surface area contributed by atoms with Crippen LogP contribution in [-0.4, -0.2) is 5.11 Å². The van der Waals surface area contributed by atoms with Crippen LogP contribution in [0.5, 0.6) is 5.75 Å². The highest BCUT2D eigenvalue weighted by Gasteiger charge is 2.16. The van der Waals surface area contributed by atoms with Gasteiger partial charge in [-0.1, -0.05) is 90.8 Å². The molecule has 2 rings (SSSR count). The highest BCUT2D eigenvalue weighted by atomic mass is 16.3. The Labute approximate surface area is 125 Å². The zero-order chi connectivity index (χ0) is 15.0. The van der Waals surface area contributed by atoms with Crippen LogP contribution in [-0.2, 0) is 5.41 Å². The van der Waals surface area contributed by atoms with Crippen molar-refractivity contribution in [2.45, 2.75) is 78.1 Å². The van der Waals surface area contributed by atoms with Crippen molar-refractivity contribution in [2.75, 3.05) is 0 Å². The second-order valence-electron chi connectivity index (χ2n) is 7.06. The van der Waals surface area contributed by atoms with Gasteiger partial charge >= 0.3 is 0 Å². The van der Waals surface area contributed by atoms with E-state index in [0.29, 0.717) is 5.75 Å². The summed E-state index contributed by atoms with van der Waals surface area (Å²) in [5.41, 5.74) is 1.03. The first-order valence-corrected chi connectivity index (χ1v) is 8.23. The molecule has 1 aromatic rings. The highest BCUT2D eigenvalue weighted by Crippen LogP contribution is 2.31. The second kappa shape index (κ2) is 8.34. The van der Waals surface area contributed by atoms with Crippen molar-refractivity contribution in [1.82, 2.24) is 0 Å². The molecular formula is C19H32O. The van der Waals surface area contributed by atoms with E-state index in [4.69, 9.17) is 0 Å². The first kappa shape index (κ1) is 17.1. The average molecular weight is 276 g/mol. The van der Waals surface area contributed by atoms with Crippen molar-refractivity contribution in [3.8, 4) is 5.75 Å². The third-order valence-corrected chi connectivity index (χ3v) is 4.15. The van der Waals surface area contributed by atoms with Crippen LogP contribution in [0, 0.1) is 5.92 Å². The summed E-state index contributed by atoms with van der Waals surface area (Å²) >= 11 is 0. The van der Waals surface area contributed by atoms with Gasteiger partial charge in [0.05, 0.1) is 0 Å². The Balaban J connectivity index is 0.000000204. The van der Waals surface area contributed by atoms with E-state index < -0.39 is 0 Å². The van der Waals surface area contributed by atoms with Gasteiger partial charge < -0.3 is 5.11 Å². The molecule has 1 saturated carbocycles. The minimum atomic E-state index is 0.0331. The molecule has 1 heteroatoms. The Morgan fingerprint density at radius 3 is 2.15 bits per heavy atom. The summed E-state index contributed by atoms with van der Waals surface area (Å²) in [5, 5.41) is 9.45. The first-order valence-electron chi connectivity index (χ1n) is 8.23. The minimum absolute atomic E-state index is 0.0331. The molecule has 1 nitrogen and oxygen atoms in total. The third kappa shape index (κ3) is 5.98. The van der Waals surface area contributed by atoms with Crippen LogP contribution in [0.2, 0.25) is 0 Å². The SMILES string of the molecule is CC(C)(C)c1ccccc1O.CCCCCC1CCC1. The monoisotopic (exact) mass is 276 g/mol. The number of para-hydroxylation sites is 1. The molecule has 1 aromatic carbocycles. The van der Waals surface area contributed by atoms with E-state index in [1.165, 1.54) is 44.9 Å². The van der Waals surface area contributed by atoms with Crippen LogP contribution in [0.4, 0.5) is 0 Å². The smallest absolute Gasteiger partial charge is 0.119 e. The molecule has 1 fully saturated rings. The molecule has 0 aliphatic heterocycles. The molecule has 0 saturated heterocycles. The lowest BCUT2D eigenvalue weighted by Crippen LogP contribution is -2.10. The predicted octanol–water partition coefficient (Wildman–Crippen LogP) is 6.06. The Hall–Kier alpha value is -0.980. The van der Waals surface area contributed by atoms with Gasteiger partial charge in [0.2, 0.25) is 0 Å². The van der Waals surface area contributed by atoms with Crippen LogP contribution < -0.4 is 0 Å². The fourth-order valence-corrected chi connectivity index (χ4v) is 2.57. The summed E-state index contributed by atoms with van der Waals surface area (Å²) in [6.45, 7) is 8.53. The molecule has 0 bridgehead atoms. The lowest BCUT2D eigenvalue weighted by molar-refractivity contribution is 0.287. The molecule has 0 heterocycles. The van der Waals surface area contributed by atoms with Crippen molar-refractivity contribution in [3.63, 3.8) is 0 Å². The number of phenols is 1. The van der Waals surface area contributed by atoms with Crippen molar-refractivity contribution in [1.29, 1.82) is 0 Å². The maximum atomic E-state index is 9.45. The molecule has 0 aromatic heterocycles. The number of rotatable bonds is 4. The largest absolute Gasteiger partial charge is 0.508 e. The molecule has 1 aliphatic carbocycles. The van der Waals surface area contributed by atoms with Gasteiger partial charge in [-0.3, -0.25) is 0 Å². The molecule has 0 radical (unpaired) electrons. The van der Waals surface area contributed by atoms with Gasteiger partial charge in [-0.05, 0) is 23.0 Å². The van der Waals surface area contributed by atoms with Gasteiger partial charge in [0, 0.05) is 0 Å². The quantitative estimate of drug-likeness (QED) is 0.663. The third-order valence-electron chi connectivity index (χ3n) is 4.15. The van der Waals surface area contributed by atoms with E-state index >= 15 is 0 Å². The highest BCUT2D eigenvalue weighted by molar-refractivity contribution is 5.36. The number of hydrogen-bond donors (Lipinski definition) is 1. The van der Waals surface area contributed by atoms with E-state index in [0.717, 1.165) is 11.5 Å². The summed E-state index contributed by atoms with van der Waals surface area (Å²) in [5.74, 6) is 1.52. The van der Waals surface area contributed by atoms with Crippen LogP contribution in [0.15, 0.2) is 24.3 Å². The Bertz CT molecular complexity index is 372. The van der Waals surface area contributed by atoms with Gasteiger partial charge in [0.1, 0.15) is 5.75 Å². The second-order valence-corrected chi connectivity index (χ2v) is 7.06. The normalized spacial score (nSPS) is 15.2. The molecule has 0 amide bonds. The number of unbranched alkanes of at least 4 members (excludes halogenated alkanes) is 2. The standard InChI is InChI=1S/C10H14O.C9H18/c1-10(2,3)8-6-4-5-7-9(8)11;1-2-3-4-6-9-7-5-8-9/h4-7,11H,1-3H3;9H,2-8H2,1H3. The molecule has 0 unspecified atom stereocenters. The van der Waals surface area contributed by atoms with Crippen LogP contribution in [0.3, 0.4) is 0 Å². The van der Waals surface area contributed by atoms with Gasteiger partial charge in [0.15, 0.2) is 0 Å². The molecule has 114 valence electrons. The summed E-state index contributed by atoms with van der Waals surface area (Å²) < 4.78 is 0. The molecule has 1 N–H and O–H groups in total. The number of hydrogen-bond acceptors (Lipinski definition) is 1. The summed E-state index contributed by atoms with van der Waals surface area (Å²) in [4.78, 5) is 0. The zero-order valence-corrected chi connectivity index (χ0v) is 13.8. The van der Waals surface area contributed by atoms with Gasteiger partial charge in [-0.2, -0.15) is 0 Å². The Kier molecular flexibility index (Phi) is 7.12. The van der Waals surface area contributed by atoms with Crippen LogP contribution in [0.25, 0.3) is 0 Å². The lowest BCUT2D eigenvalue weighted by atomic mass is 9.82. The van der Waals surface area contributed by atoms with Crippen LogP contribution in [0.1, 0.15) is 78.2 Å². The van der Waals surface area contributed by atoms with Crippen molar-refractivity contribution in [3.05, 3.63) is 29.8 Å². The molecule has 1 aliphatic rings. The van der Waals surface area contributed by atoms with E-state index in [1.807, 2.05) is 18.2 Å². The lowest BCUT2D eigenvalue weighted by Gasteiger charge is -2.24. The van der Waals surface area contributed by atoms with E-state index in [2.05, 4.69) is 27.7 Å². The number of phenolic OH excluding ortho intramolecular Hbond substituents is 1. The molecule has 0 spiro atoms. The van der Waals surface area contributed by atoms with Gasteiger partial charge in [-0.25, -0.2) is 0 Å². The van der Waals surface area contributed by atoms with Crippen molar-refractivity contribution < 1.29 is 5.11 Å². The maximum Gasteiger partial charge on any atom is 0.119 e. The van der Waals surface area contributed by atoms with E-state index in [1.54, 1.807) is 6.07 Å². The number of aromatic hydroxyl groups is 1. The summed E-state index contributed by atoms with van der Waals surface area (Å²) in [6, 6.07) is 7.46. The fourth-order valence-electron chi connectivity index (χ4n) is 2.57. The zero-order valence-electron chi connectivity index (χ0n) is 13.8. The van der Waals surface area contributed by atoms with Gasteiger partial charge in [0.25, 0.3) is 0 Å². The van der Waals surface area contributed by atoms with Crippen LogP contribution >= 0.6 is 0 Å². The topological polar surface area (TPSA) is 20.2 Å². The molecule has 20 heavy (non-hydrogen) atoms. The minimum Gasteiger partial charge on any atom is -0.508 e. The van der Waals surface area contributed by atoms with Crippen molar-refractivity contribution in [2.24, 2.45) is 5.92 Å². The van der Waals surface area contributed by atoms with E-state index in [-0.39, 0.29) is 5.41 Å². The average Bonchev–Trinajstić information content (AvgIpc) is 2.32. The first-order chi connectivity index (χ1) is 9.45. The van der Waals surface area contributed by atoms with Gasteiger partial charge in [-0.15, -0.1) is 0 Å². The Morgan fingerprint density at radius 2 is 1.75 bits per heavy atom.